The van der Waals surface area contributed by atoms with Gasteiger partial charge in [0.2, 0.25) is 5.91 Å². The van der Waals surface area contributed by atoms with Gasteiger partial charge in [0.1, 0.15) is 5.82 Å². The topological polar surface area (TPSA) is 46.4 Å². The number of amides is 1. The lowest BCUT2D eigenvalue weighted by atomic mass is 10.1. The van der Waals surface area contributed by atoms with Crippen LogP contribution < -0.4 is 5.32 Å². The van der Waals surface area contributed by atoms with Crippen molar-refractivity contribution in [2.75, 3.05) is 0 Å². The zero-order valence-electron chi connectivity index (χ0n) is 15.7. The number of aromatic nitrogens is 2. The number of hydrogen-bond acceptors (Lipinski definition) is 3. The van der Waals surface area contributed by atoms with Crippen LogP contribution in [0.3, 0.4) is 0 Å². The van der Waals surface area contributed by atoms with Gasteiger partial charge in [-0.1, -0.05) is 41.2 Å². The molecule has 4 aromatic rings. The lowest BCUT2D eigenvalue weighted by molar-refractivity contribution is -0.120. The lowest BCUT2D eigenvalue weighted by Gasteiger charge is -2.05. The molecule has 0 atom stereocenters. The number of fused-ring (bicyclic) bond motifs is 1. The van der Waals surface area contributed by atoms with Crippen LogP contribution >= 0.6 is 11.3 Å². The first kappa shape index (κ1) is 18.4. The predicted molar refractivity (Wildman–Crippen MR) is 110 cm³/mol. The largest absolute Gasteiger partial charge is 0.351 e. The number of imidazole rings is 1. The second-order valence-corrected chi connectivity index (χ2v) is 7.90. The normalized spacial score (nSPS) is 11.1. The Bertz CT molecular complexity index is 1130. The second kappa shape index (κ2) is 7.56. The summed E-state index contributed by atoms with van der Waals surface area (Å²) in [5.41, 5.74) is 4.93. The molecule has 0 aliphatic carbocycles. The van der Waals surface area contributed by atoms with E-state index in [4.69, 9.17) is 0 Å². The third-order valence-corrected chi connectivity index (χ3v) is 5.88. The molecule has 2 heterocycles. The van der Waals surface area contributed by atoms with Crippen LogP contribution in [0.15, 0.2) is 54.7 Å². The Balaban J connectivity index is 1.45. The zero-order valence-corrected chi connectivity index (χ0v) is 16.5. The third-order valence-electron chi connectivity index (χ3n) is 4.72. The Morgan fingerprint density at radius 2 is 1.82 bits per heavy atom. The highest BCUT2D eigenvalue weighted by Crippen LogP contribution is 2.27. The fourth-order valence-corrected chi connectivity index (χ4v) is 4.09. The van der Waals surface area contributed by atoms with Gasteiger partial charge in [0, 0.05) is 22.3 Å². The minimum absolute atomic E-state index is 0.00120. The molecule has 6 heteroatoms. The molecule has 0 fully saturated rings. The molecule has 4 rings (SSSR count). The first-order valence-electron chi connectivity index (χ1n) is 9.05. The molecule has 0 saturated heterocycles. The maximum absolute atomic E-state index is 13.1. The van der Waals surface area contributed by atoms with E-state index in [2.05, 4.69) is 10.3 Å². The molecule has 0 radical (unpaired) electrons. The maximum Gasteiger partial charge on any atom is 0.224 e. The molecule has 142 valence electrons. The molecule has 0 aliphatic rings. The van der Waals surface area contributed by atoms with E-state index < -0.39 is 0 Å². The van der Waals surface area contributed by atoms with Crippen LogP contribution in [-0.4, -0.2) is 15.3 Å². The van der Waals surface area contributed by atoms with E-state index in [9.17, 15) is 9.18 Å². The van der Waals surface area contributed by atoms with Crippen molar-refractivity contribution < 1.29 is 9.18 Å². The molecule has 0 spiro atoms. The number of carbonyl (C=O) groups is 1. The van der Waals surface area contributed by atoms with Crippen molar-refractivity contribution in [1.82, 2.24) is 14.7 Å². The van der Waals surface area contributed by atoms with Gasteiger partial charge in [-0.3, -0.25) is 9.20 Å². The van der Waals surface area contributed by atoms with E-state index in [0.717, 1.165) is 32.4 Å². The van der Waals surface area contributed by atoms with Gasteiger partial charge in [-0.05, 0) is 43.7 Å². The van der Waals surface area contributed by atoms with Crippen LogP contribution in [0.25, 0.3) is 16.2 Å². The van der Waals surface area contributed by atoms with Crippen LogP contribution in [0.2, 0.25) is 0 Å². The molecule has 28 heavy (non-hydrogen) atoms. The number of nitrogens with one attached hydrogen (secondary N) is 1. The Kier molecular flexibility index (Phi) is 4.96. The van der Waals surface area contributed by atoms with Crippen molar-refractivity contribution in [3.8, 4) is 11.3 Å². The number of hydrogen-bond donors (Lipinski definition) is 1. The van der Waals surface area contributed by atoms with Gasteiger partial charge < -0.3 is 5.32 Å². The summed E-state index contributed by atoms with van der Waals surface area (Å²) in [5.74, 6) is -0.258. The van der Waals surface area contributed by atoms with Crippen molar-refractivity contribution >= 4 is 22.2 Å². The minimum Gasteiger partial charge on any atom is -0.351 e. The van der Waals surface area contributed by atoms with E-state index in [-0.39, 0.29) is 11.7 Å². The van der Waals surface area contributed by atoms with E-state index in [0.29, 0.717) is 13.0 Å². The van der Waals surface area contributed by atoms with E-state index in [1.165, 1.54) is 17.7 Å². The number of benzene rings is 2. The van der Waals surface area contributed by atoms with Gasteiger partial charge in [0.05, 0.1) is 18.7 Å². The molecular weight excluding hydrogens is 373 g/mol. The smallest absolute Gasteiger partial charge is 0.224 e. The van der Waals surface area contributed by atoms with Crippen LogP contribution in [0, 0.1) is 19.7 Å². The number of halogens is 1. The summed E-state index contributed by atoms with van der Waals surface area (Å²) in [6, 6.07) is 14.3. The average Bonchev–Trinajstić information content (AvgIpc) is 3.22. The number of thiazole rings is 1. The monoisotopic (exact) mass is 393 g/mol. The van der Waals surface area contributed by atoms with Crippen molar-refractivity contribution in [2.45, 2.75) is 26.8 Å². The Morgan fingerprint density at radius 1 is 1.11 bits per heavy atom. The molecule has 1 N–H and O–H groups in total. The highest BCUT2D eigenvalue weighted by molar-refractivity contribution is 7.17. The second-order valence-electron chi connectivity index (χ2n) is 6.84. The first-order chi connectivity index (χ1) is 13.5. The fourth-order valence-electron chi connectivity index (χ4n) is 3.05. The van der Waals surface area contributed by atoms with Gasteiger partial charge >= 0.3 is 0 Å². The fraction of sp³-hybridized carbons (Fsp3) is 0.182. The van der Waals surface area contributed by atoms with E-state index in [1.54, 1.807) is 23.5 Å². The Labute approximate surface area is 166 Å². The lowest BCUT2D eigenvalue weighted by Crippen LogP contribution is -2.24. The summed E-state index contributed by atoms with van der Waals surface area (Å²) in [6.45, 7) is 4.53. The van der Waals surface area contributed by atoms with Crippen LogP contribution in [0.1, 0.15) is 21.7 Å². The Morgan fingerprint density at radius 3 is 2.50 bits per heavy atom. The standard InChI is InChI=1S/C22H20FN3OS/c1-14-3-5-16(6-4-14)11-21(27)24-12-20-15(2)26-13-19(25-22(26)28-20)17-7-9-18(23)10-8-17/h3-10,13H,11-12H2,1-2H3,(H,24,27). The van der Waals surface area contributed by atoms with Gasteiger partial charge in [-0.15, -0.1) is 0 Å². The summed E-state index contributed by atoms with van der Waals surface area (Å²) in [7, 11) is 0. The summed E-state index contributed by atoms with van der Waals surface area (Å²) < 4.78 is 15.1. The van der Waals surface area contributed by atoms with Crippen LogP contribution in [0.5, 0.6) is 0 Å². The zero-order chi connectivity index (χ0) is 19.7. The first-order valence-corrected chi connectivity index (χ1v) is 9.87. The highest BCUT2D eigenvalue weighted by Gasteiger charge is 2.13. The quantitative estimate of drug-likeness (QED) is 0.535. The Hall–Kier alpha value is -2.99. The average molecular weight is 393 g/mol. The van der Waals surface area contributed by atoms with Gasteiger partial charge in [0.25, 0.3) is 0 Å². The molecule has 0 aliphatic heterocycles. The predicted octanol–water partition coefficient (Wildman–Crippen LogP) is 4.68. The minimum atomic E-state index is -0.260. The molecule has 2 aromatic heterocycles. The number of rotatable bonds is 5. The number of nitrogens with zero attached hydrogens (tertiary/aromatic N) is 2. The van der Waals surface area contributed by atoms with Gasteiger partial charge in [0.15, 0.2) is 4.96 Å². The van der Waals surface area contributed by atoms with Gasteiger partial charge in [-0.25, -0.2) is 9.37 Å². The molecule has 4 nitrogen and oxygen atoms in total. The maximum atomic E-state index is 13.1. The van der Waals surface area contributed by atoms with Crippen molar-refractivity contribution in [2.24, 2.45) is 0 Å². The molecule has 0 bridgehead atoms. The molecule has 2 aromatic carbocycles. The van der Waals surface area contributed by atoms with Crippen LogP contribution in [0.4, 0.5) is 4.39 Å². The molecule has 1 amide bonds. The highest BCUT2D eigenvalue weighted by atomic mass is 32.1. The summed E-state index contributed by atoms with van der Waals surface area (Å²) >= 11 is 1.56. The van der Waals surface area contributed by atoms with E-state index >= 15 is 0 Å². The molecule has 0 unspecified atom stereocenters. The SMILES string of the molecule is Cc1ccc(CC(=O)NCc2sc3nc(-c4ccc(F)cc4)cn3c2C)cc1. The van der Waals surface area contributed by atoms with Gasteiger partial charge in [-0.2, -0.15) is 0 Å². The summed E-state index contributed by atoms with van der Waals surface area (Å²) in [6.07, 6.45) is 2.32. The van der Waals surface area contributed by atoms with Crippen molar-refractivity contribution in [3.63, 3.8) is 0 Å². The van der Waals surface area contributed by atoms with Crippen molar-refractivity contribution in [1.29, 1.82) is 0 Å². The third kappa shape index (κ3) is 3.82. The van der Waals surface area contributed by atoms with Crippen molar-refractivity contribution in [3.05, 3.63) is 82.2 Å². The number of carbonyl (C=O) groups excluding carboxylic acids is 1. The van der Waals surface area contributed by atoms with Crippen LogP contribution in [-0.2, 0) is 17.8 Å². The molecule has 0 saturated carbocycles. The summed E-state index contributed by atoms with van der Waals surface area (Å²) in [5, 5.41) is 2.99. The number of aryl methyl sites for hydroxylation is 2. The van der Waals surface area contributed by atoms with E-state index in [1.807, 2.05) is 48.7 Å². The summed E-state index contributed by atoms with van der Waals surface area (Å²) in [4.78, 5) is 18.8. The molecular formula is C22H20FN3OS.